The molecule has 1 saturated heterocycles. The highest BCUT2D eigenvalue weighted by Gasteiger charge is 2.49. The summed E-state index contributed by atoms with van der Waals surface area (Å²) in [7, 11) is 3.55. The molecule has 1 N–H and O–H groups in total. The van der Waals surface area contributed by atoms with Gasteiger partial charge in [0.2, 0.25) is 0 Å². The van der Waals surface area contributed by atoms with Gasteiger partial charge >= 0.3 is 6.09 Å². The van der Waals surface area contributed by atoms with Gasteiger partial charge in [-0.05, 0) is 31.7 Å². The van der Waals surface area contributed by atoms with Crippen LogP contribution in [0.5, 0.6) is 0 Å². The number of likely N-dealkylation sites (N-methyl/N-ethyl adjacent to an activating group) is 1. The maximum Gasteiger partial charge on any atom is 0.408 e. The molecular weight excluding hydrogens is 296 g/mol. The summed E-state index contributed by atoms with van der Waals surface area (Å²) in [6, 6.07) is 5.74. The second kappa shape index (κ2) is 5.75. The Bertz CT molecular complexity index is 738. The summed E-state index contributed by atoms with van der Waals surface area (Å²) in [5, 5.41) is 10.5. The number of benzene rings is 1. The van der Waals surface area contributed by atoms with Crippen LogP contribution in [0.2, 0.25) is 0 Å². The third kappa shape index (κ3) is 2.42. The van der Waals surface area contributed by atoms with E-state index >= 15 is 0 Å². The van der Waals surface area contributed by atoms with Crippen LogP contribution < -0.4 is 0 Å². The van der Waals surface area contributed by atoms with Crippen LogP contribution in [0.3, 0.4) is 0 Å². The highest BCUT2D eigenvalue weighted by molar-refractivity contribution is 5.78. The summed E-state index contributed by atoms with van der Waals surface area (Å²) in [6.07, 6.45) is 1.90. The molecule has 1 unspecified atom stereocenters. The van der Waals surface area contributed by atoms with Crippen molar-refractivity contribution in [1.29, 1.82) is 0 Å². The number of piperazine rings is 1. The number of hydrogen-bond acceptors (Lipinski definition) is 5. The minimum absolute atomic E-state index is 0.380. The number of fused-ring (bicyclic) bond motifs is 1. The van der Waals surface area contributed by atoms with Crippen LogP contribution in [0.1, 0.15) is 12.5 Å². The number of methoxy groups -OCH3 is 1. The molecule has 0 aliphatic carbocycles. The zero-order chi connectivity index (χ0) is 16.6. The molecule has 7 nitrogen and oxygen atoms in total. The molecule has 122 valence electrons. The number of carboxylic acid groups (broad SMARTS) is 1. The molecular formula is C16H20N4O3. The fourth-order valence-corrected chi connectivity index (χ4v) is 3.47. The molecule has 23 heavy (non-hydrogen) atoms. The van der Waals surface area contributed by atoms with Crippen molar-refractivity contribution in [3.8, 4) is 0 Å². The lowest BCUT2D eigenvalue weighted by Crippen LogP contribution is -2.65. The molecule has 2 atom stereocenters. The third-order valence-electron chi connectivity index (χ3n) is 4.66. The Morgan fingerprint density at radius 1 is 1.43 bits per heavy atom. The van der Waals surface area contributed by atoms with Gasteiger partial charge in [-0.2, -0.15) is 0 Å². The van der Waals surface area contributed by atoms with E-state index in [9.17, 15) is 9.90 Å². The van der Waals surface area contributed by atoms with Crippen molar-refractivity contribution in [2.45, 2.75) is 18.7 Å². The van der Waals surface area contributed by atoms with Crippen LogP contribution in [0.15, 0.2) is 30.7 Å². The number of ether oxygens (including phenoxy) is 1. The van der Waals surface area contributed by atoms with E-state index < -0.39 is 11.6 Å². The Balaban J connectivity index is 2.17. The zero-order valence-electron chi connectivity index (χ0n) is 13.4. The van der Waals surface area contributed by atoms with E-state index in [1.807, 2.05) is 37.1 Å². The smallest absolute Gasteiger partial charge is 0.408 e. The summed E-state index contributed by atoms with van der Waals surface area (Å²) < 4.78 is 5.66. The first kappa shape index (κ1) is 15.6. The van der Waals surface area contributed by atoms with E-state index in [0.29, 0.717) is 13.1 Å². The fraction of sp³-hybridized carbons (Fsp3) is 0.438. The molecule has 2 heterocycles. The Kier molecular flexibility index (Phi) is 3.91. The lowest BCUT2D eigenvalue weighted by molar-refractivity contribution is -0.146. The number of hydrogen-bond donors (Lipinski definition) is 1. The Morgan fingerprint density at radius 3 is 2.91 bits per heavy atom. The number of rotatable bonds is 2. The molecule has 3 rings (SSSR count). The summed E-state index contributed by atoms with van der Waals surface area (Å²) in [4.78, 5) is 23.5. The van der Waals surface area contributed by atoms with E-state index in [1.165, 1.54) is 11.2 Å². The summed E-state index contributed by atoms with van der Waals surface area (Å²) in [6.45, 7) is 2.94. The summed E-state index contributed by atoms with van der Waals surface area (Å²) in [5.41, 5.74) is 0.866. The second-order valence-electron chi connectivity index (χ2n) is 5.95. The van der Waals surface area contributed by atoms with Crippen molar-refractivity contribution in [2.75, 3.05) is 27.2 Å². The quantitative estimate of drug-likeness (QED) is 0.909. The maximum atomic E-state index is 11.8. The highest BCUT2D eigenvalue weighted by atomic mass is 16.5. The van der Waals surface area contributed by atoms with Crippen molar-refractivity contribution in [2.24, 2.45) is 0 Å². The highest BCUT2D eigenvalue weighted by Crippen LogP contribution is 2.38. The van der Waals surface area contributed by atoms with Crippen LogP contribution in [0.25, 0.3) is 10.9 Å². The molecule has 0 spiro atoms. The molecule has 1 aromatic carbocycles. The molecule has 1 amide bonds. The summed E-state index contributed by atoms with van der Waals surface area (Å²) >= 11 is 0. The minimum Gasteiger partial charge on any atom is -0.465 e. The number of amides is 1. The average Bonchev–Trinajstić information content (AvgIpc) is 2.54. The molecule has 0 bridgehead atoms. The lowest BCUT2D eigenvalue weighted by Gasteiger charge is -2.51. The molecule has 0 radical (unpaired) electrons. The van der Waals surface area contributed by atoms with Gasteiger partial charge in [0.15, 0.2) is 0 Å². The number of carbonyl (C=O) groups is 1. The van der Waals surface area contributed by atoms with Crippen molar-refractivity contribution in [3.63, 3.8) is 0 Å². The van der Waals surface area contributed by atoms with Crippen LogP contribution in [0, 0.1) is 0 Å². The van der Waals surface area contributed by atoms with Crippen molar-refractivity contribution in [1.82, 2.24) is 19.8 Å². The second-order valence-corrected chi connectivity index (χ2v) is 5.95. The lowest BCUT2D eigenvalue weighted by atomic mass is 9.85. The summed E-state index contributed by atoms with van der Waals surface area (Å²) in [5.74, 6) is 0. The van der Waals surface area contributed by atoms with Gasteiger partial charge < -0.3 is 9.84 Å². The third-order valence-corrected chi connectivity index (χ3v) is 4.66. The molecule has 1 aliphatic rings. The standard InChI is InChI=1S/C16H20N4O3/c1-16(12-4-5-13-11(8-12)9-17-10-18-13)14(23-3)19(2)6-7-20(16)15(21)22/h4-5,8-10,14H,6-7H2,1-3H3,(H,21,22)/t14?,16-/m1/s1. The molecule has 1 aliphatic heterocycles. The monoisotopic (exact) mass is 316 g/mol. The molecule has 1 aromatic heterocycles. The Labute approximate surface area is 134 Å². The van der Waals surface area contributed by atoms with E-state index in [4.69, 9.17) is 4.74 Å². The molecule has 7 heteroatoms. The van der Waals surface area contributed by atoms with Crippen LogP contribution in [-0.2, 0) is 10.3 Å². The van der Waals surface area contributed by atoms with Crippen molar-refractivity contribution >= 4 is 17.0 Å². The predicted octanol–water partition coefficient (Wildman–Crippen LogP) is 1.74. The van der Waals surface area contributed by atoms with E-state index in [1.54, 1.807) is 13.3 Å². The Hall–Kier alpha value is -2.25. The van der Waals surface area contributed by atoms with E-state index in [-0.39, 0.29) is 6.23 Å². The maximum absolute atomic E-state index is 11.8. The van der Waals surface area contributed by atoms with Crippen molar-refractivity contribution < 1.29 is 14.6 Å². The molecule has 1 fully saturated rings. The normalized spacial score (nSPS) is 25.7. The van der Waals surface area contributed by atoms with Crippen LogP contribution >= 0.6 is 0 Å². The Morgan fingerprint density at radius 2 is 2.22 bits per heavy atom. The first-order chi connectivity index (χ1) is 11.0. The number of aromatic nitrogens is 2. The van der Waals surface area contributed by atoms with Gasteiger partial charge in [0.1, 0.15) is 18.1 Å². The van der Waals surface area contributed by atoms with Gasteiger partial charge in [-0.15, -0.1) is 0 Å². The van der Waals surface area contributed by atoms with Gasteiger partial charge in [0.25, 0.3) is 0 Å². The largest absolute Gasteiger partial charge is 0.465 e. The zero-order valence-corrected chi connectivity index (χ0v) is 13.4. The van der Waals surface area contributed by atoms with Gasteiger partial charge in [-0.1, -0.05) is 6.07 Å². The number of nitrogens with zero attached hydrogens (tertiary/aromatic N) is 4. The first-order valence-electron chi connectivity index (χ1n) is 7.42. The minimum atomic E-state index is -0.952. The molecule has 0 saturated carbocycles. The van der Waals surface area contributed by atoms with E-state index in [2.05, 4.69) is 9.97 Å². The SMILES string of the molecule is COC1N(C)CCN(C(=O)O)[C@]1(C)c1ccc2ncncc2c1. The van der Waals surface area contributed by atoms with Gasteiger partial charge in [0, 0.05) is 31.8 Å². The van der Waals surface area contributed by atoms with Crippen molar-refractivity contribution in [3.05, 3.63) is 36.3 Å². The van der Waals surface area contributed by atoms with Gasteiger partial charge in [0.05, 0.1) is 5.52 Å². The predicted molar refractivity (Wildman–Crippen MR) is 85.0 cm³/mol. The topological polar surface area (TPSA) is 78.8 Å². The first-order valence-corrected chi connectivity index (χ1v) is 7.42. The average molecular weight is 316 g/mol. The fourth-order valence-electron chi connectivity index (χ4n) is 3.47. The van der Waals surface area contributed by atoms with Crippen LogP contribution in [0.4, 0.5) is 4.79 Å². The van der Waals surface area contributed by atoms with Crippen LogP contribution in [-0.4, -0.2) is 64.4 Å². The van der Waals surface area contributed by atoms with Gasteiger partial charge in [-0.3, -0.25) is 9.80 Å². The van der Waals surface area contributed by atoms with Gasteiger partial charge in [-0.25, -0.2) is 14.8 Å². The molecule has 2 aromatic rings. The van der Waals surface area contributed by atoms with E-state index in [0.717, 1.165) is 16.5 Å².